The molecule has 6 heteroatoms. The predicted octanol–water partition coefficient (Wildman–Crippen LogP) is 2.92. The van der Waals surface area contributed by atoms with E-state index in [9.17, 15) is 9.59 Å². The van der Waals surface area contributed by atoms with Crippen molar-refractivity contribution in [1.29, 1.82) is 0 Å². The van der Waals surface area contributed by atoms with Crippen LogP contribution in [0.4, 0.5) is 5.69 Å². The lowest BCUT2D eigenvalue weighted by Gasteiger charge is -2.15. The predicted molar refractivity (Wildman–Crippen MR) is 76.9 cm³/mol. The van der Waals surface area contributed by atoms with Gasteiger partial charge in [-0.15, -0.1) is 0 Å². The lowest BCUT2D eigenvalue weighted by atomic mass is 10.1. The van der Waals surface area contributed by atoms with Gasteiger partial charge in [-0.05, 0) is 53.9 Å². The zero-order valence-electron chi connectivity index (χ0n) is 11.3. The topological polar surface area (TPSA) is 59.8 Å². The molecule has 1 aromatic heterocycles. The molecule has 1 aromatic carbocycles. The van der Waals surface area contributed by atoms with Crippen molar-refractivity contribution in [2.75, 3.05) is 18.6 Å². The largest absolute Gasteiger partial charge is 0.465 e. The Bertz CT molecular complexity index is 722. The van der Waals surface area contributed by atoms with Crippen LogP contribution < -0.4 is 4.90 Å². The van der Waals surface area contributed by atoms with Crippen LogP contribution >= 0.6 is 11.6 Å². The molecule has 108 valence electrons. The Morgan fingerprint density at radius 2 is 2.10 bits per heavy atom. The van der Waals surface area contributed by atoms with E-state index in [2.05, 4.69) is 0 Å². The molecular formula is C15H12ClNO4. The number of ether oxygens (including phenoxy) is 1. The molecule has 0 saturated heterocycles. The Kier molecular flexibility index (Phi) is 3.43. The lowest BCUT2D eigenvalue weighted by molar-refractivity contribution is 0.0600. The van der Waals surface area contributed by atoms with Gasteiger partial charge in [-0.3, -0.25) is 4.79 Å². The van der Waals surface area contributed by atoms with Crippen LogP contribution in [0.1, 0.15) is 26.5 Å². The molecule has 0 atom stereocenters. The summed E-state index contributed by atoms with van der Waals surface area (Å²) in [5.74, 6) is -0.434. The van der Waals surface area contributed by atoms with Crippen LogP contribution in [0, 0.1) is 0 Å². The van der Waals surface area contributed by atoms with Gasteiger partial charge >= 0.3 is 5.97 Å². The minimum Gasteiger partial charge on any atom is -0.465 e. The maximum atomic E-state index is 12.4. The van der Waals surface area contributed by atoms with E-state index < -0.39 is 0 Å². The minimum atomic E-state index is -0.389. The standard InChI is InChI=1S/C15H12ClNO4/c1-20-15(19)10-2-3-11-9(8-10)6-7-17(11)14(18)12-4-5-13(16)21-12/h2-5,8H,6-7H2,1H3. The van der Waals surface area contributed by atoms with Crippen molar-refractivity contribution >= 4 is 29.2 Å². The summed E-state index contributed by atoms with van der Waals surface area (Å²) in [7, 11) is 1.34. The van der Waals surface area contributed by atoms with E-state index in [-0.39, 0.29) is 22.9 Å². The molecule has 0 unspecified atom stereocenters. The van der Waals surface area contributed by atoms with Gasteiger partial charge in [0.25, 0.3) is 5.91 Å². The summed E-state index contributed by atoms with van der Waals surface area (Å²) in [6.07, 6.45) is 0.681. The molecular weight excluding hydrogens is 294 g/mol. The number of esters is 1. The highest BCUT2D eigenvalue weighted by atomic mass is 35.5. The molecule has 0 saturated carbocycles. The Morgan fingerprint density at radius 3 is 2.76 bits per heavy atom. The summed E-state index contributed by atoms with van der Waals surface area (Å²) in [6.45, 7) is 0.539. The van der Waals surface area contributed by atoms with Crippen LogP contribution in [0.15, 0.2) is 34.7 Å². The molecule has 0 fully saturated rings. The molecule has 0 bridgehead atoms. The number of hydrogen-bond acceptors (Lipinski definition) is 4. The van der Waals surface area contributed by atoms with Gasteiger partial charge in [0.15, 0.2) is 11.0 Å². The first kappa shape index (κ1) is 13.7. The first-order chi connectivity index (χ1) is 10.1. The fourth-order valence-corrected chi connectivity index (χ4v) is 2.57. The van der Waals surface area contributed by atoms with Gasteiger partial charge < -0.3 is 14.1 Å². The Hall–Kier alpha value is -2.27. The molecule has 1 aliphatic rings. The molecule has 1 amide bonds. The van der Waals surface area contributed by atoms with Crippen molar-refractivity contribution in [3.05, 3.63) is 52.4 Å². The number of amides is 1. The number of nitrogens with zero attached hydrogens (tertiary/aromatic N) is 1. The highest BCUT2D eigenvalue weighted by Crippen LogP contribution is 2.31. The van der Waals surface area contributed by atoms with Crippen LogP contribution in [0.25, 0.3) is 0 Å². The van der Waals surface area contributed by atoms with E-state index in [1.54, 1.807) is 29.2 Å². The third-order valence-electron chi connectivity index (χ3n) is 3.43. The third-order valence-corrected chi connectivity index (χ3v) is 3.63. The second kappa shape index (κ2) is 5.26. The number of rotatable bonds is 2. The molecule has 1 aliphatic heterocycles. The average Bonchev–Trinajstić information content (AvgIpc) is 3.11. The minimum absolute atomic E-state index is 0.179. The van der Waals surface area contributed by atoms with Crippen molar-refractivity contribution in [2.45, 2.75) is 6.42 Å². The maximum Gasteiger partial charge on any atom is 0.337 e. The Labute approximate surface area is 126 Å². The monoisotopic (exact) mass is 305 g/mol. The zero-order valence-corrected chi connectivity index (χ0v) is 12.0. The van der Waals surface area contributed by atoms with Crippen molar-refractivity contribution < 1.29 is 18.7 Å². The summed E-state index contributed by atoms with van der Waals surface area (Å²) < 4.78 is 9.85. The molecule has 3 rings (SSSR count). The van der Waals surface area contributed by atoms with Gasteiger partial charge in [-0.25, -0.2) is 4.79 Å². The van der Waals surface area contributed by atoms with E-state index in [1.165, 1.54) is 13.2 Å². The van der Waals surface area contributed by atoms with E-state index in [0.29, 0.717) is 18.5 Å². The van der Waals surface area contributed by atoms with Gasteiger partial charge in [0.2, 0.25) is 0 Å². The number of benzene rings is 1. The lowest BCUT2D eigenvalue weighted by Crippen LogP contribution is -2.28. The van der Waals surface area contributed by atoms with Crippen LogP contribution in [0.2, 0.25) is 5.22 Å². The van der Waals surface area contributed by atoms with Gasteiger partial charge in [-0.1, -0.05) is 0 Å². The van der Waals surface area contributed by atoms with Crippen molar-refractivity contribution in [1.82, 2.24) is 0 Å². The number of methoxy groups -OCH3 is 1. The number of hydrogen-bond donors (Lipinski definition) is 0. The Balaban J connectivity index is 1.90. The van der Waals surface area contributed by atoms with Crippen molar-refractivity contribution in [2.24, 2.45) is 0 Å². The molecule has 0 N–H and O–H groups in total. The summed E-state index contributed by atoms with van der Waals surface area (Å²) in [5.41, 5.74) is 2.19. The number of carbonyl (C=O) groups is 2. The smallest absolute Gasteiger partial charge is 0.337 e. The number of anilines is 1. The first-order valence-corrected chi connectivity index (χ1v) is 6.76. The highest BCUT2D eigenvalue weighted by Gasteiger charge is 2.28. The maximum absolute atomic E-state index is 12.4. The average molecular weight is 306 g/mol. The first-order valence-electron chi connectivity index (χ1n) is 6.38. The van der Waals surface area contributed by atoms with Crippen LogP contribution in [0.3, 0.4) is 0 Å². The third kappa shape index (κ3) is 2.40. The van der Waals surface area contributed by atoms with E-state index in [0.717, 1.165) is 11.3 Å². The van der Waals surface area contributed by atoms with Crippen LogP contribution in [-0.4, -0.2) is 25.5 Å². The van der Waals surface area contributed by atoms with E-state index >= 15 is 0 Å². The van der Waals surface area contributed by atoms with Gasteiger partial charge in [0.1, 0.15) is 0 Å². The summed E-state index contributed by atoms with van der Waals surface area (Å²) in [5, 5.41) is 0.179. The zero-order chi connectivity index (χ0) is 15.0. The second-order valence-corrected chi connectivity index (χ2v) is 5.02. The number of halogens is 1. The van der Waals surface area contributed by atoms with Gasteiger partial charge in [-0.2, -0.15) is 0 Å². The molecule has 0 spiro atoms. The van der Waals surface area contributed by atoms with Crippen LogP contribution in [0.5, 0.6) is 0 Å². The van der Waals surface area contributed by atoms with Gasteiger partial charge in [0.05, 0.1) is 12.7 Å². The SMILES string of the molecule is COC(=O)c1ccc2c(c1)CCN2C(=O)c1ccc(Cl)o1. The molecule has 2 aromatic rings. The number of fused-ring (bicyclic) bond motifs is 1. The van der Waals surface area contributed by atoms with Gasteiger partial charge in [0, 0.05) is 12.2 Å². The fraction of sp³-hybridized carbons (Fsp3) is 0.200. The summed E-state index contributed by atoms with van der Waals surface area (Å²) in [4.78, 5) is 25.5. The molecule has 21 heavy (non-hydrogen) atoms. The van der Waals surface area contributed by atoms with Crippen molar-refractivity contribution in [3.63, 3.8) is 0 Å². The second-order valence-electron chi connectivity index (χ2n) is 4.65. The highest BCUT2D eigenvalue weighted by molar-refractivity contribution is 6.29. The van der Waals surface area contributed by atoms with E-state index in [1.807, 2.05) is 0 Å². The normalized spacial score (nSPS) is 13.1. The number of carbonyl (C=O) groups excluding carboxylic acids is 2. The molecule has 0 radical (unpaired) electrons. The van der Waals surface area contributed by atoms with Crippen LogP contribution in [-0.2, 0) is 11.2 Å². The summed E-state index contributed by atoms with van der Waals surface area (Å²) in [6, 6.07) is 8.23. The molecule has 0 aliphatic carbocycles. The number of furan rings is 1. The van der Waals surface area contributed by atoms with Crippen molar-refractivity contribution in [3.8, 4) is 0 Å². The van der Waals surface area contributed by atoms with E-state index in [4.69, 9.17) is 20.8 Å². The molecule has 2 heterocycles. The summed E-state index contributed by atoms with van der Waals surface area (Å²) >= 11 is 5.69. The molecule has 5 nitrogen and oxygen atoms in total. The Morgan fingerprint density at radius 1 is 1.29 bits per heavy atom. The fourth-order valence-electron chi connectivity index (χ4n) is 2.42. The quantitative estimate of drug-likeness (QED) is 0.800.